The number of thiazole rings is 1. The van der Waals surface area contributed by atoms with Gasteiger partial charge < -0.3 is 15.0 Å². The van der Waals surface area contributed by atoms with Gasteiger partial charge in [-0.2, -0.15) is 0 Å². The Balaban J connectivity index is 1.73. The van der Waals surface area contributed by atoms with Crippen LogP contribution in [0.2, 0.25) is 0 Å². The molecular formula is C13H15N3O3S. The minimum atomic E-state index is -0.262. The van der Waals surface area contributed by atoms with Crippen molar-refractivity contribution < 1.29 is 9.53 Å². The highest BCUT2D eigenvalue weighted by molar-refractivity contribution is 7.09. The van der Waals surface area contributed by atoms with Crippen molar-refractivity contribution in [1.29, 1.82) is 0 Å². The van der Waals surface area contributed by atoms with Crippen molar-refractivity contribution in [2.75, 3.05) is 13.2 Å². The Kier molecular flexibility index (Phi) is 4.89. The molecule has 20 heavy (non-hydrogen) atoms. The molecule has 2 heterocycles. The van der Waals surface area contributed by atoms with Gasteiger partial charge >= 0.3 is 0 Å². The predicted octanol–water partition coefficient (Wildman–Crippen LogP) is 0.878. The van der Waals surface area contributed by atoms with E-state index in [4.69, 9.17) is 4.74 Å². The number of ether oxygens (including phenoxy) is 1. The summed E-state index contributed by atoms with van der Waals surface area (Å²) in [4.78, 5) is 30.1. The summed E-state index contributed by atoms with van der Waals surface area (Å²) in [5, 5.41) is 5.58. The zero-order valence-electron chi connectivity index (χ0n) is 11.0. The maximum atomic E-state index is 11.6. The fourth-order valence-electron chi connectivity index (χ4n) is 1.55. The Morgan fingerprint density at radius 3 is 3.10 bits per heavy atom. The lowest BCUT2D eigenvalue weighted by Crippen LogP contribution is -2.31. The Hall–Kier alpha value is -2.15. The van der Waals surface area contributed by atoms with E-state index < -0.39 is 0 Å². The number of aromatic amines is 1. The Morgan fingerprint density at radius 2 is 2.40 bits per heavy atom. The van der Waals surface area contributed by atoms with Crippen molar-refractivity contribution in [2.45, 2.75) is 13.3 Å². The van der Waals surface area contributed by atoms with Crippen molar-refractivity contribution in [3.05, 3.63) is 44.8 Å². The number of nitrogens with zero attached hydrogens (tertiary/aromatic N) is 1. The Morgan fingerprint density at radius 1 is 1.55 bits per heavy atom. The van der Waals surface area contributed by atoms with Gasteiger partial charge in [-0.25, -0.2) is 4.98 Å². The van der Waals surface area contributed by atoms with Crippen LogP contribution in [-0.2, 0) is 11.2 Å². The van der Waals surface area contributed by atoms with Crippen LogP contribution in [0, 0.1) is 6.92 Å². The molecule has 0 aromatic carbocycles. The molecule has 0 unspecified atom stereocenters. The van der Waals surface area contributed by atoms with Crippen LogP contribution in [0.3, 0.4) is 0 Å². The van der Waals surface area contributed by atoms with Gasteiger partial charge in [-0.05, 0) is 6.92 Å². The molecule has 0 aliphatic carbocycles. The summed E-state index contributed by atoms with van der Waals surface area (Å²) in [6.07, 6.45) is 3.88. The molecule has 0 aliphatic rings. The summed E-state index contributed by atoms with van der Waals surface area (Å²) in [6, 6.07) is 1.43. The molecule has 0 atom stereocenters. The van der Waals surface area contributed by atoms with Gasteiger partial charge in [0.1, 0.15) is 0 Å². The number of aryl methyl sites for hydroxylation is 1. The fourth-order valence-corrected chi connectivity index (χ4v) is 2.17. The van der Waals surface area contributed by atoms with Gasteiger partial charge in [-0.1, -0.05) is 0 Å². The molecule has 2 N–H and O–H groups in total. The van der Waals surface area contributed by atoms with Crippen LogP contribution in [0.15, 0.2) is 28.6 Å². The Bertz CT molecular complexity index is 622. The number of carbonyl (C=O) groups is 1. The first-order valence-electron chi connectivity index (χ1n) is 6.12. The third-order valence-corrected chi connectivity index (χ3v) is 3.36. The largest absolute Gasteiger partial charge is 0.478 e. The monoisotopic (exact) mass is 293 g/mol. The fraction of sp³-hybridized carbons (Fsp3) is 0.308. The second kappa shape index (κ2) is 6.85. The van der Waals surface area contributed by atoms with E-state index in [0.29, 0.717) is 13.0 Å². The number of hydrogen-bond donors (Lipinski definition) is 2. The van der Waals surface area contributed by atoms with Gasteiger partial charge in [0.05, 0.1) is 5.01 Å². The maximum absolute atomic E-state index is 11.6. The van der Waals surface area contributed by atoms with Gasteiger partial charge in [-0.15, -0.1) is 11.3 Å². The second-order valence-corrected chi connectivity index (χ2v) is 5.14. The number of hydrogen-bond acceptors (Lipinski definition) is 5. The van der Waals surface area contributed by atoms with Crippen LogP contribution in [0.1, 0.15) is 10.7 Å². The lowest BCUT2D eigenvalue weighted by Gasteiger charge is -2.06. The number of H-pyrrole nitrogens is 1. The topological polar surface area (TPSA) is 84.1 Å². The molecule has 7 heteroatoms. The van der Waals surface area contributed by atoms with E-state index in [1.807, 2.05) is 5.38 Å². The van der Waals surface area contributed by atoms with E-state index in [1.165, 1.54) is 12.3 Å². The molecule has 0 fully saturated rings. The summed E-state index contributed by atoms with van der Waals surface area (Å²) in [7, 11) is 0. The number of rotatable bonds is 6. The number of aromatic nitrogens is 2. The third kappa shape index (κ3) is 4.20. The average Bonchev–Trinajstić information content (AvgIpc) is 2.91. The van der Waals surface area contributed by atoms with Gasteiger partial charge in [0, 0.05) is 42.5 Å². The average molecular weight is 293 g/mol. The van der Waals surface area contributed by atoms with Crippen molar-refractivity contribution >= 4 is 17.2 Å². The van der Waals surface area contributed by atoms with E-state index in [0.717, 1.165) is 10.7 Å². The highest BCUT2D eigenvalue weighted by atomic mass is 32.1. The minimum Gasteiger partial charge on any atom is -0.478 e. The SMILES string of the molecule is Cc1cc(=O)c(OCC(=O)NCCc2nccs2)c[nH]1. The summed E-state index contributed by atoms with van der Waals surface area (Å²) in [6.45, 7) is 2.10. The van der Waals surface area contributed by atoms with Crippen LogP contribution in [0.4, 0.5) is 0 Å². The molecule has 0 saturated carbocycles. The number of carbonyl (C=O) groups excluding carboxylic acids is 1. The molecule has 0 saturated heterocycles. The second-order valence-electron chi connectivity index (χ2n) is 4.16. The zero-order valence-corrected chi connectivity index (χ0v) is 11.8. The van der Waals surface area contributed by atoms with Crippen molar-refractivity contribution in [1.82, 2.24) is 15.3 Å². The maximum Gasteiger partial charge on any atom is 0.257 e. The van der Waals surface area contributed by atoms with Gasteiger partial charge in [-0.3, -0.25) is 9.59 Å². The molecule has 0 aliphatic heterocycles. The summed E-state index contributed by atoms with van der Waals surface area (Å²) in [5.41, 5.74) is 0.507. The zero-order chi connectivity index (χ0) is 14.4. The first-order valence-corrected chi connectivity index (χ1v) is 7.00. The predicted molar refractivity (Wildman–Crippen MR) is 76.1 cm³/mol. The number of amides is 1. The molecule has 0 spiro atoms. The Labute approximate surface area is 119 Å². The molecule has 0 radical (unpaired) electrons. The number of nitrogens with one attached hydrogen (secondary N) is 2. The summed E-state index contributed by atoms with van der Waals surface area (Å²) < 4.78 is 5.17. The molecule has 6 nitrogen and oxygen atoms in total. The van der Waals surface area contributed by atoms with Crippen molar-refractivity contribution in [2.24, 2.45) is 0 Å². The summed E-state index contributed by atoms with van der Waals surface area (Å²) in [5.74, 6) is -0.118. The van der Waals surface area contributed by atoms with Crippen molar-refractivity contribution in [3.63, 3.8) is 0 Å². The summed E-state index contributed by atoms with van der Waals surface area (Å²) >= 11 is 1.55. The molecular weight excluding hydrogens is 278 g/mol. The van der Waals surface area contributed by atoms with Gasteiger partial charge in [0.15, 0.2) is 12.4 Å². The highest BCUT2D eigenvalue weighted by Gasteiger charge is 2.05. The van der Waals surface area contributed by atoms with Crippen LogP contribution in [0.25, 0.3) is 0 Å². The van der Waals surface area contributed by atoms with Crippen LogP contribution in [-0.4, -0.2) is 29.0 Å². The molecule has 2 aromatic rings. The van der Waals surface area contributed by atoms with Crippen LogP contribution in [0.5, 0.6) is 5.75 Å². The van der Waals surface area contributed by atoms with E-state index in [-0.39, 0.29) is 23.7 Å². The van der Waals surface area contributed by atoms with E-state index in [1.54, 1.807) is 24.5 Å². The van der Waals surface area contributed by atoms with Crippen LogP contribution < -0.4 is 15.5 Å². The molecule has 0 bridgehead atoms. The lowest BCUT2D eigenvalue weighted by atomic mass is 10.3. The van der Waals surface area contributed by atoms with Crippen LogP contribution >= 0.6 is 11.3 Å². The van der Waals surface area contributed by atoms with E-state index in [2.05, 4.69) is 15.3 Å². The number of pyridine rings is 1. The first kappa shape index (κ1) is 14.3. The van der Waals surface area contributed by atoms with E-state index in [9.17, 15) is 9.59 Å². The molecule has 1 amide bonds. The van der Waals surface area contributed by atoms with E-state index >= 15 is 0 Å². The van der Waals surface area contributed by atoms with Gasteiger partial charge in [0.2, 0.25) is 5.43 Å². The third-order valence-electron chi connectivity index (χ3n) is 2.52. The smallest absolute Gasteiger partial charge is 0.257 e. The minimum absolute atomic E-state index is 0.144. The first-order chi connectivity index (χ1) is 9.65. The lowest BCUT2D eigenvalue weighted by molar-refractivity contribution is -0.123. The molecule has 106 valence electrons. The highest BCUT2D eigenvalue weighted by Crippen LogP contribution is 2.03. The normalized spacial score (nSPS) is 10.2. The standard InChI is InChI=1S/C13H15N3O3S/c1-9-6-10(17)11(7-16-9)19-8-12(18)14-3-2-13-15-4-5-20-13/h4-7H,2-3,8H2,1H3,(H,14,18)(H,16,17). The van der Waals surface area contributed by atoms with Crippen molar-refractivity contribution in [3.8, 4) is 5.75 Å². The quantitative estimate of drug-likeness (QED) is 0.828. The van der Waals surface area contributed by atoms with Gasteiger partial charge in [0.25, 0.3) is 5.91 Å². The molecule has 2 aromatic heterocycles. The molecule has 2 rings (SSSR count).